The summed E-state index contributed by atoms with van der Waals surface area (Å²) >= 11 is 5.88. The average molecular weight is 386 g/mol. The van der Waals surface area contributed by atoms with Crippen molar-refractivity contribution in [3.63, 3.8) is 0 Å². The van der Waals surface area contributed by atoms with E-state index in [0.717, 1.165) is 11.1 Å². The number of likely N-dealkylation sites (N-methyl/N-ethyl adjacent to an activating group) is 1. The fourth-order valence-electron chi connectivity index (χ4n) is 2.50. The lowest BCUT2D eigenvalue weighted by Gasteiger charge is -2.20. The molecule has 27 heavy (non-hydrogen) atoms. The van der Waals surface area contributed by atoms with E-state index in [9.17, 15) is 4.79 Å². The number of benzene rings is 2. The highest BCUT2D eigenvalue weighted by Gasteiger charge is 2.21. The second kappa shape index (κ2) is 8.22. The molecule has 0 unspecified atom stereocenters. The monoisotopic (exact) mass is 385 g/mol. The van der Waals surface area contributed by atoms with Gasteiger partial charge in [-0.3, -0.25) is 4.79 Å². The second-order valence-electron chi connectivity index (χ2n) is 6.29. The predicted molar refractivity (Wildman–Crippen MR) is 102 cm³/mol. The van der Waals surface area contributed by atoms with E-state index in [2.05, 4.69) is 10.1 Å². The van der Waals surface area contributed by atoms with Crippen LogP contribution in [-0.2, 0) is 11.3 Å². The molecule has 0 aliphatic heterocycles. The molecule has 2 aromatic carbocycles. The minimum Gasteiger partial charge on any atom is -0.481 e. The van der Waals surface area contributed by atoms with E-state index < -0.39 is 6.10 Å². The summed E-state index contributed by atoms with van der Waals surface area (Å²) in [6.45, 7) is 3.90. The lowest BCUT2D eigenvalue weighted by molar-refractivity contribution is -0.137. The van der Waals surface area contributed by atoms with E-state index in [4.69, 9.17) is 20.9 Å². The van der Waals surface area contributed by atoms with E-state index in [1.165, 1.54) is 4.90 Å². The topological polar surface area (TPSA) is 68.5 Å². The first-order valence-corrected chi connectivity index (χ1v) is 8.87. The third kappa shape index (κ3) is 4.86. The molecule has 0 saturated heterocycles. The summed E-state index contributed by atoms with van der Waals surface area (Å²) in [7, 11) is 1.67. The summed E-state index contributed by atoms with van der Waals surface area (Å²) in [6, 6.07) is 14.7. The molecule has 1 amide bonds. The number of nitrogens with zero attached hydrogens (tertiary/aromatic N) is 3. The molecule has 0 aliphatic rings. The highest BCUT2D eigenvalue weighted by Crippen LogP contribution is 2.19. The molecule has 1 heterocycles. The first-order chi connectivity index (χ1) is 12.9. The molecule has 3 rings (SSSR count). The molecule has 0 spiro atoms. The van der Waals surface area contributed by atoms with Gasteiger partial charge in [0.15, 0.2) is 6.10 Å². The molecule has 7 heteroatoms. The van der Waals surface area contributed by atoms with Gasteiger partial charge < -0.3 is 14.2 Å². The molecule has 0 saturated carbocycles. The van der Waals surface area contributed by atoms with Crippen LogP contribution in [0.4, 0.5) is 0 Å². The van der Waals surface area contributed by atoms with Crippen molar-refractivity contribution < 1.29 is 14.1 Å². The van der Waals surface area contributed by atoms with E-state index in [-0.39, 0.29) is 12.5 Å². The number of carbonyl (C=O) groups excluding carboxylic acids is 1. The number of hydrogen-bond donors (Lipinski definition) is 0. The highest BCUT2D eigenvalue weighted by molar-refractivity contribution is 6.30. The molecule has 0 bridgehead atoms. The van der Waals surface area contributed by atoms with Crippen LogP contribution in [0.2, 0.25) is 5.02 Å². The normalized spacial score (nSPS) is 11.9. The maximum atomic E-state index is 12.5. The summed E-state index contributed by atoms with van der Waals surface area (Å²) in [5.74, 6) is 1.27. The van der Waals surface area contributed by atoms with Gasteiger partial charge in [-0.05, 0) is 50.2 Å². The Morgan fingerprint density at radius 2 is 1.85 bits per heavy atom. The molecule has 1 atom stereocenters. The summed E-state index contributed by atoms with van der Waals surface area (Å²) in [4.78, 5) is 18.4. The van der Waals surface area contributed by atoms with Crippen molar-refractivity contribution in [2.24, 2.45) is 0 Å². The number of hydrogen-bond acceptors (Lipinski definition) is 5. The van der Waals surface area contributed by atoms with Crippen LogP contribution >= 0.6 is 11.6 Å². The van der Waals surface area contributed by atoms with Gasteiger partial charge in [0.05, 0.1) is 6.54 Å². The average Bonchev–Trinajstić information content (AvgIpc) is 3.12. The van der Waals surface area contributed by atoms with Crippen molar-refractivity contribution in [1.29, 1.82) is 0 Å². The minimum absolute atomic E-state index is 0.179. The minimum atomic E-state index is -0.628. The van der Waals surface area contributed by atoms with Crippen molar-refractivity contribution in [2.75, 3.05) is 7.05 Å². The number of aryl methyl sites for hydroxylation is 1. The zero-order valence-corrected chi connectivity index (χ0v) is 16.1. The van der Waals surface area contributed by atoms with Gasteiger partial charge in [-0.1, -0.05) is 34.5 Å². The van der Waals surface area contributed by atoms with E-state index >= 15 is 0 Å². The van der Waals surface area contributed by atoms with E-state index in [1.54, 1.807) is 26.1 Å². The first kappa shape index (κ1) is 18.9. The predicted octanol–water partition coefficient (Wildman–Crippen LogP) is 4.12. The Morgan fingerprint density at radius 1 is 1.19 bits per heavy atom. The number of ether oxygens (including phenoxy) is 1. The van der Waals surface area contributed by atoms with Crippen LogP contribution in [0.5, 0.6) is 5.75 Å². The third-order valence-electron chi connectivity index (χ3n) is 4.00. The summed E-state index contributed by atoms with van der Waals surface area (Å²) < 4.78 is 11.0. The number of aromatic nitrogens is 2. The standard InChI is InChI=1S/C20H20ClN3O3/c1-13-4-10-17(11-5-13)26-14(2)20(25)24(3)12-18-22-19(23-27-18)15-6-8-16(21)9-7-15/h4-11,14H,12H2,1-3H3/t14-/m0/s1. The summed E-state index contributed by atoms with van der Waals surface area (Å²) in [5, 5.41) is 4.59. The van der Waals surface area contributed by atoms with Crippen LogP contribution in [0, 0.1) is 6.92 Å². The zero-order valence-electron chi connectivity index (χ0n) is 15.3. The molecule has 6 nitrogen and oxygen atoms in total. The third-order valence-corrected chi connectivity index (χ3v) is 4.25. The van der Waals surface area contributed by atoms with Gasteiger partial charge in [0.25, 0.3) is 5.91 Å². The van der Waals surface area contributed by atoms with Crippen molar-refractivity contribution >= 4 is 17.5 Å². The fourth-order valence-corrected chi connectivity index (χ4v) is 2.62. The van der Waals surface area contributed by atoms with E-state index in [0.29, 0.717) is 22.5 Å². The van der Waals surface area contributed by atoms with Gasteiger partial charge in [-0.15, -0.1) is 0 Å². The van der Waals surface area contributed by atoms with Crippen LogP contribution in [0.3, 0.4) is 0 Å². The molecule has 140 valence electrons. The zero-order chi connectivity index (χ0) is 19.4. The second-order valence-corrected chi connectivity index (χ2v) is 6.72. The quantitative estimate of drug-likeness (QED) is 0.638. The van der Waals surface area contributed by atoms with Crippen molar-refractivity contribution in [3.05, 3.63) is 65.0 Å². The molecule has 0 radical (unpaired) electrons. The van der Waals surface area contributed by atoms with Crippen molar-refractivity contribution in [1.82, 2.24) is 15.0 Å². The van der Waals surface area contributed by atoms with Gasteiger partial charge in [-0.25, -0.2) is 0 Å². The van der Waals surface area contributed by atoms with Gasteiger partial charge >= 0.3 is 0 Å². The van der Waals surface area contributed by atoms with Crippen LogP contribution in [0.1, 0.15) is 18.4 Å². The molecule has 1 aromatic heterocycles. The SMILES string of the molecule is Cc1ccc(O[C@@H](C)C(=O)N(C)Cc2nc(-c3ccc(Cl)cc3)no2)cc1. The van der Waals surface area contributed by atoms with Crippen LogP contribution in [0.15, 0.2) is 53.1 Å². The Balaban J connectivity index is 1.60. The lowest BCUT2D eigenvalue weighted by Crippen LogP contribution is -2.37. The number of carbonyl (C=O) groups is 1. The Bertz CT molecular complexity index is 907. The van der Waals surface area contributed by atoms with Crippen molar-refractivity contribution in [3.8, 4) is 17.1 Å². The molecular formula is C20H20ClN3O3. The largest absolute Gasteiger partial charge is 0.481 e. The van der Waals surface area contributed by atoms with Crippen LogP contribution in [-0.4, -0.2) is 34.1 Å². The Kier molecular flexibility index (Phi) is 5.76. The lowest BCUT2D eigenvalue weighted by atomic mass is 10.2. The van der Waals surface area contributed by atoms with Crippen LogP contribution < -0.4 is 4.74 Å². The number of halogens is 1. The highest BCUT2D eigenvalue weighted by atomic mass is 35.5. The molecule has 0 fully saturated rings. The van der Waals surface area contributed by atoms with Crippen molar-refractivity contribution in [2.45, 2.75) is 26.5 Å². The Morgan fingerprint density at radius 3 is 2.52 bits per heavy atom. The van der Waals surface area contributed by atoms with Gasteiger partial charge in [0, 0.05) is 17.6 Å². The van der Waals surface area contributed by atoms with E-state index in [1.807, 2.05) is 43.3 Å². The molecule has 3 aromatic rings. The molecular weight excluding hydrogens is 366 g/mol. The number of amides is 1. The van der Waals surface area contributed by atoms with Gasteiger partial charge in [0.2, 0.25) is 11.7 Å². The first-order valence-electron chi connectivity index (χ1n) is 8.49. The summed E-state index contributed by atoms with van der Waals surface area (Å²) in [6.07, 6.45) is -0.628. The van der Waals surface area contributed by atoms with Gasteiger partial charge in [-0.2, -0.15) is 4.98 Å². The Hall–Kier alpha value is -2.86. The maximum Gasteiger partial charge on any atom is 0.263 e. The smallest absolute Gasteiger partial charge is 0.263 e. The Labute approximate surface area is 162 Å². The molecule has 0 N–H and O–H groups in total. The summed E-state index contributed by atoms with van der Waals surface area (Å²) in [5.41, 5.74) is 1.92. The fraction of sp³-hybridized carbons (Fsp3) is 0.250. The molecule has 0 aliphatic carbocycles. The van der Waals surface area contributed by atoms with Crippen LogP contribution in [0.25, 0.3) is 11.4 Å². The number of rotatable bonds is 6. The van der Waals surface area contributed by atoms with Gasteiger partial charge in [0.1, 0.15) is 5.75 Å². The maximum absolute atomic E-state index is 12.5.